The van der Waals surface area contributed by atoms with E-state index in [-0.39, 0.29) is 6.03 Å². The molecule has 0 atom stereocenters. The molecule has 1 aromatic carbocycles. The Labute approximate surface area is 124 Å². The SMILES string of the molecule is CN(C(=O)Nc1c[nH]c2ccccc12)C1CC[NH+](C)CC1. The highest BCUT2D eigenvalue weighted by molar-refractivity contribution is 6.00. The quantitative estimate of drug-likeness (QED) is 0.766. The third-order valence-corrected chi connectivity index (χ3v) is 4.51. The summed E-state index contributed by atoms with van der Waals surface area (Å²) in [5.41, 5.74) is 1.89. The zero-order chi connectivity index (χ0) is 14.8. The highest BCUT2D eigenvalue weighted by Crippen LogP contribution is 2.23. The van der Waals surface area contributed by atoms with Gasteiger partial charge in [-0.15, -0.1) is 0 Å². The number of likely N-dealkylation sites (tertiary alicyclic amines) is 1. The molecule has 2 amide bonds. The number of fused-ring (bicyclic) bond motifs is 1. The molecule has 0 radical (unpaired) electrons. The minimum atomic E-state index is -0.0238. The van der Waals surface area contributed by atoms with E-state index in [0.717, 1.165) is 42.5 Å². The van der Waals surface area contributed by atoms with Gasteiger partial charge < -0.3 is 20.1 Å². The lowest BCUT2D eigenvalue weighted by Gasteiger charge is -2.33. The molecule has 1 fully saturated rings. The average molecular weight is 287 g/mol. The lowest BCUT2D eigenvalue weighted by molar-refractivity contribution is -0.885. The Morgan fingerprint density at radius 3 is 2.81 bits per heavy atom. The van der Waals surface area contributed by atoms with Crippen LogP contribution in [0.2, 0.25) is 0 Å². The molecule has 0 unspecified atom stereocenters. The molecule has 5 heteroatoms. The fourth-order valence-corrected chi connectivity index (χ4v) is 3.03. The third-order valence-electron chi connectivity index (χ3n) is 4.51. The molecule has 0 spiro atoms. The van der Waals surface area contributed by atoms with E-state index < -0.39 is 0 Å². The topological polar surface area (TPSA) is 52.6 Å². The first-order chi connectivity index (χ1) is 10.1. The summed E-state index contributed by atoms with van der Waals surface area (Å²) in [6, 6.07) is 8.31. The zero-order valence-electron chi connectivity index (χ0n) is 12.6. The van der Waals surface area contributed by atoms with Gasteiger partial charge in [-0.1, -0.05) is 18.2 Å². The summed E-state index contributed by atoms with van der Waals surface area (Å²) in [5.74, 6) is 0. The number of H-pyrrole nitrogens is 1. The molecule has 1 aromatic heterocycles. The molecular weight excluding hydrogens is 264 g/mol. The van der Waals surface area contributed by atoms with Crippen LogP contribution in [-0.2, 0) is 0 Å². The van der Waals surface area contributed by atoms with Crippen LogP contribution in [0.5, 0.6) is 0 Å². The number of rotatable bonds is 2. The Bertz CT molecular complexity index is 628. The maximum atomic E-state index is 12.4. The van der Waals surface area contributed by atoms with Crippen LogP contribution >= 0.6 is 0 Å². The summed E-state index contributed by atoms with van der Waals surface area (Å²) in [7, 11) is 4.11. The Hall–Kier alpha value is -2.01. The number of piperidine rings is 1. The molecule has 3 rings (SSSR count). The van der Waals surface area contributed by atoms with Crippen LogP contribution in [0.4, 0.5) is 10.5 Å². The molecule has 1 saturated heterocycles. The van der Waals surface area contributed by atoms with Gasteiger partial charge >= 0.3 is 6.03 Å². The van der Waals surface area contributed by atoms with E-state index in [2.05, 4.69) is 17.3 Å². The normalized spacial score (nSPS) is 22.2. The maximum absolute atomic E-state index is 12.4. The average Bonchev–Trinajstić information content (AvgIpc) is 2.91. The van der Waals surface area contributed by atoms with Crippen LogP contribution in [0, 0.1) is 0 Å². The predicted octanol–water partition coefficient (Wildman–Crippen LogP) is 1.31. The molecule has 21 heavy (non-hydrogen) atoms. The second-order valence-electron chi connectivity index (χ2n) is 5.98. The summed E-state index contributed by atoms with van der Waals surface area (Å²) in [6.45, 7) is 2.27. The zero-order valence-corrected chi connectivity index (χ0v) is 12.6. The number of carbonyl (C=O) groups excluding carboxylic acids is 1. The number of quaternary nitrogens is 1. The van der Waals surface area contributed by atoms with Gasteiger partial charge in [-0.2, -0.15) is 0 Å². The molecule has 1 aliphatic rings. The van der Waals surface area contributed by atoms with Crippen molar-refractivity contribution < 1.29 is 9.69 Å². The van der Waals surface area contributed by atoms with Crippen molar-refractivity contribution in [3.05, 3.63) is 30.5 Å². The molecule has 0 saturated carbocycles. The lowest BCUT2D eigenvalue weighted by Crippen LogP contribution is -3.10. The number of nitrogens with zero attached hydrogens (tertiary/aromatic N) is 1. The number of nitrogens with one attached hydrogen (secondary N) is 3. The molecule has 2 aromatic rings. The summed E-state index contributed by atoms with van der Waals surface area (Å²) in [4.78, 5) is 19.0. The highest BCUT2D eigenvalue weighted by Gasteiger charge is 2.26. The number of hydrogen-bond acceptors (Lipinski definition) is 1. The summed E-state index contributed by atoms with van der Waals surface area (Å²) in [5, 5.41) is 4.07. The van der Waals surface area contributed by atoms with Gasteiger partial charge in [0.05, 0.1) is 25.8 Å². The van der Waals surface area contributed by atoms with Crippen LogP contribution in [0.15, 0.2) is 30.5 Å². The van der Waals surface area contributed by atoms with Gasteiger partial charge in [0, 0.05) is 43.0 Å². The van der Waals surface area contributed by atoms with Crippen molar-refractivity contribution in [2.24, 2.45) is 0 Å². The number of urea groups is 1. The van der Waals surface area contributed by atoms with Gasteiger partial charge in [0.15, 0.2) is 0 Å². The smallest absolute Gasteiger partial charge is 0.321 e. The number of para-hydroxylation sites is 1. The highest BCUT2D eigenvalue weighted by atomic mass is 16.2. The minimum absolute atomic E-state index is 0.0238. The molecular formula is C16H23N4O+. The Kier molecular flexibility index (Phi) is 3.84. The number of aromatic amines is 1. The molecule has 2 heterocycles. The largest absolute Gasteiger partial charge is 0.359 e. The van der Waals surface area contributed by atoms with Crippen molar-refractivity contribution in [1.82, 2.24) is 9.88 Å². The molecule has 5 nitrogen and oxygen atoms in total. The van der Waals surface area contributed by atoms with Crippen LogP contribution in [0.25, 0.3) is 10.9 Å². The number of benzene rings is 1. The van der Waals surface area contributed by atoms with Gasteiger partial charge in [-0.25, -0.2) is 4.79 Å². The standard InChI is InChI=1S/C16H22N4O/c1-19-9-7-12(8-10-19)20(2)16(21)18-15-11-17-14-6-4-3-5-13(14)15/h3-6,11-12,17H,7-10H2,1-2H3,(H,18,21)/p+1. The van der Waals surface area contributed by atoms with E-state index >= 15 is 0 Å². The summed E-state index contributed by atoms with van der Waals surface area (Å²) >= 11 is 0. The second kappa shape index (κ2) is 5.77. The van der Waals surface area contributed by atoms with Gasteiger partial charge in [0.1, 0.15) is 0 Å². The first-order valence-corrected chi connectivity index (χ1v) is 7.56. The van der Waals surface area contributed by atoms with E-state index in [1.54, 1.807) is 4.90 Å². The second-order valence-corrected chi connectivity index (χ2v) is 5.98. The minimum Gasteiger partial charge on any atom is -0.359 e. The number of amides is 2. The number of aromatic nitrogens is 1. The van der Waals surface area contributed by atoms with Crippen LogP contribution in [-0.4, -0.2) is 49.1 Å². The van der Waals surface area contributed by atoms with Crippen molar-refractivity contribution in [2.75, 3.05) is 32.5 Å². The van der Waals surface area contributed by atoms with E-state index in [0.29, 0.717) is 6.04 Å². The van der Waals surface area contributed by atoms with E-state index in [9.17, 15) is 4.79 Å². The Balaban J connectivity index is 1.68. The van der Waals surface area contributed by atoms with Crippen molar-refractivity contribution >= 4 is 22.6 Å². The van der Waals surface area contributed by atoms with E-state index in [4.69, 9.17) is 0 Å². The number of hydrogen-bond donors (Lipinski definition) is 3. The van der Waals surface area contributed by atoms with Gasteiger partial charge in [0.25, 0.3) is 0 Å². The fraction of sp³-hybridized carbons (Fsp3) is 0.438. The van der Waals surface area contributed by atoms with Crippen molar-refractivity contribution in [3.63, 3.8) is 0 Å². The lowest BCUT2D eigenvalue weighted by atomic mass is 10.0. The number of anilines is 1. The predicted molar refractivity (Wildman–Crippen MR) is 84.7 cm³/mol. The van der Waals surface area contributed by atoms with Gasteiger partial charge in [0.2, 0.25) is 0 Å². The molecule has 3 N–H and O–H groups in total. The number of carbonyl (C=O) groups is 1. The van der Waals surface area contributed by atoms with Gasteiger partial charge in [-0.05, 0) is 6.07 Å². The van der Waals surface area contributed by atoms with Crippen molar-refractivity contribution in [3.8, 4) is 0 Å². The van der Waals surface area contributed by atoms with E-state index in [1.807, 2.05) is 42.4 Å². The van der Waals surface area contributed by atoms with Crippen LogP contribution in [0.3, 0.4) is 0 Å². The molecule has 1 aliphatic heterocycles. The third kappa shape index (κ3) is 2.88. The first-order valence-electron chi connectivity index (χ1n) is 7.56. The Morgan fingerprint density at radius 2 is 2.05 bits per heavy atom. The fourth-order valence-electron chi connectivity index (χ4n) is 3.03. The van der Waals surface area contributed by atoms with Crippen molar-refractivity contribution in [2.45, 2.75) is 18.9 Å². The van der Waals surface area contributed by atoms with E-state index in [1.165, 1.54) is 0 Å². The molecule has 112 valence electrons. The van der Waals surface area contributed by atoms with Gasteiger partial charge in [-0.3, -0.25) is 0 Å². The van der Waals surface area contributed by atoms with Crippen molar-refractivity contribution in [1.29, 1.82) is 0 Å². The molecule has 0 aliphatic carbocycles. The molecule has 0 bridgehead atoms. The first kappa shape index (κ1) is 13.9. The van der Waals surface area contributed by atoms with Crippen LogP contribution in [0.1, 0.15) is 12.8 Å². The monoisotopic (exact) mass is 287 g/mol. The Morgan fingerprint density at radius 1 is 1.33 bits per heavy atom. The summed E-state index contributed by atoms with van der Waals surface area (Å²) < 4.78 is 0. The summed E-state index contributed by atoms with van der Waals surface area (Å²) in [6.07, 6.45) is 4.00. The van der Waals surface area contributed by atoms with Crippen LogP contribution < -0.4 is 10.2 Å². The maximum Gasteiger partial charge on any atom is 0.321 e.